The lowest BCUT2D eigenvalue weighted by molar-refractivity contribution is -0.121. The van der Waals surface area contributed by atoms with Crippen molar-refractivity contribution in [3.63, 3.8) is 0 Å². The van der Waals surface area contributed by atoms with Crippen LogP contribution in [0.4, 0.5) is 10.7 Å². The Morgan fingerprint density at radius 3 is 2.57 bits per heavy atom. The van der Waals surface area contributed by atoms with E-state index < -0.39 is 39.4 Å². The normalized spacial score (nSPS) is 18.0. The van der Waals surface area contributed by atoms with Gasteiger partial charge in [0.25, 0.3) is 0 Å². The molecule has 37 heavy (non-hydrogen) atoms. The van der Waals surface area contributed by atoms with Gasteiger partial charge in [-0.3, -0.25) is 9.59 Å². The maximum absolute atomic E-state index is 13.6. The Labute approximate surface area is 219 Å². The van der Waals surface area contributed by atoms with Gasteiger partial charge in [-0.25, -0.2) is 13.2 Å². The van der Waals surface area contributed by atoms with E-state index in [1.54, 1.807) is 49.4 Å². The number of sulfone groups is 1. The molecule has 1 N–H and O–H groups in total. The Kier molecular flexibility index (Phi) is 6.87. The number of nitrogens with zero attached hydrogens (tertiary/aromatic N) is 1. The number of thiophene rings is 1. The van der Waals surface area contributed by atoms with Crippen LogP contribution in [0.25, 0.3) is 0 Å². The number of carbonyl (C=O) groups is 3. The molecule has 192 valence electrons. The molecule has 0 saturated heterocycles. The number of hydrogen-bond donors (Lipinski definition) is 1. The lowest BCUT2D eigenvalue weighted by Gasteiger charge is -2.21. The lowest BCUT2D eigenvalue weighted by Crippen LogP contribution is -2.38. The summed E-state index contributed by atoms with van der Waals surface area (Å²) in [7, 11) is -3.91. The van der Waals surface area contributed by atoms with Crippen molar-refractivity contribution < 1.29 is 27.5 Å². The van der Waals surface area contributed by atoms with Gasteiger partial charge in [0.05, 0.1) is 28.0 Å². The molecule has 2 heterocycles. The van der Waals surface area contributed by atoms with Gasteiger partial charge in [0.2, 0.25) is 11.8 Å². The van der Waals surface area contributed by atoms with Crippen molar-refractivity contribution in [1.29, 1.82) is 0 Å². The van der Waals surface area contributed by atoms with Gasteiger partial charge < -0.3 is 15.0 Å². The molecule has 2 amide bonds. The summed E-state index contributed by atoms with van der Waals surface area (Å²) < 4.78 is 32.5. The third kappa shape index (κ3) is 4.67. The van der Waals surface area contributed by atoms with Crippen molar-refractivity contribution in [2.45, 2.75) is 42.8 Å². The number of amides is 2. The second-order valence-electron chi connectivity index (χ2n) is 8.93. The topological polar surface area (TPSA) is 110 Å². The summed E-state index contributed by atoms with van der Waals surface area (Å²) in [6.45, 7) is 1.55. The minimum atomic E-state index is -3.91. The third-order valence-electron chi connectivity index (χ3n) is 6.63. The number of aryl methyl sites for hydroxylation is 1. The number of carbonyl (C=O) groups excluding carboxylic acids is 3. The molecular formula is C27H26N2O6S2. The molecule has 1 aliphatic heterocycles. The molecule has 0 radical (unpaired) electrons. The maximum atomic E-state index is 13.6. The van der Waals surface area contributed by atoms with Crippen LogP contribution in [-0.4, -0.2) is 39.4 Å². The number of fused-ring (bicyclic) bond motifs is 2. The maximum Gasteiger partial charge on any atom is 0.341 e. The minimum absolute atomic E-state index is 0.00446. The highest BCUT2D eigenvalue weighted by Crippen LogP contribution is 2.41. The molecule has 1 unspecified atom stereocenters. The quantitative estimate of drug-likeness (QED) is 0.469. The second kappa shape index (κ2) is 10.1. The molecule has 0 bridgehead atoms. The summed E-state index contributed by atoms with van der Waals surface area (Å²) in [4.78, 5) is 41.6. The molecule has 10 heteroatoms. The standard InChI is InChI=1S/C27H26N2O6S2/c1-2-35-27(32)25-18-11-8-13-20(18)36-26(25)28-23(30)16-29-19-12-6-7-14-21(19)37(33,34)22(15-24(29)31)17-9-4-3-5-10-17/h3-7,9-10,12,14,22H,2,8,11,13,15-16H2,1H3,(H,28,30). The van der Waals surface area contributed by atoms with Gasteiger partial charge in [-0.05, 0) is 49.4 Å². The van der Waals surface area contributed by atoms with Crippen molar-refractivity contribution >= 4 is 49.6 Å². The third-order valence-corrected chi connectivity index (χ3v) is 9.98. The SMILES string of the molecule is CCOC(=O)c1c(NC(=O)CN2C(=O)CC(c3ccccc3)S(=O)(=O)c3ccccc32)sc2c1CCC2. The van der Waals surface area contributed by atoms with Crippen LogP contribution in [0.15, 0.2) is 59.5 Å². The Morgan fingerprint density at radius 2 is 1.81 bits per heavy atom. The molecule has 1 aliphatic carbocycles. The van der Waals surface area contributed by atoms with E-state index in [9.17, 15) is 22.8 Å². The summed E-state index contributed by atoms with van der Waals surface area (Å²) in [5.74, 6) is -1.48. The van der Waals surface area contributed by atoms with Gasteiger partial charge in [0.1, 0.15) is 11.5 Å². The van der Waals surface area contributed by atoms with Crippen molar-refractivity contribution in [3.05, 3.63) is 76.2 Å². The number of benzene rings is 2. The number of rotatable bonds is 6. The average molecular weight is 539 g/mol. The summed E-state index contributed by atoms with van der Waals surface area (Å²) in [5.41, 5.74) is 1.97. The molecule has 0 saturated carbocycles. The number of anilines is 2. The molecule has 1 aromatic heterocycles. The smallest absolute Gasteiger partial charge is 0.341 e. The van der Waals surface area contributed by atoms with Gasteiger partial charge in [0, 0.05) is 11.3 Å². The molecular weight excluding hydrogens is 512 g/mol. The van der Waals surface area contributed by atoms with Crippen LogP contribution >= 0.6 is 11.3 Å². The van der Waals surface area contributed by atoms with Gasteiger partial charge in [-0.2, -0.15) is 0 Å². The first-order valence-corrected chi connectivity index (χ1v) is 14.5. The summed E-state index contributed by atoms with van der Waals surface area (Å²) >= 11 is 1.35. The molecule has 1 atom stereocenters. The molecule has 5 rings (SSSR count). The molecule has 8 nitrogen and oxygen atoms in total. The van der Waals surface area contributed by atoms with E-state index >= 15 is 0 Å². The van der Waals surface area contributed by atoms with Crippen LogP contribution in [0.5, 0.6) is 0 Å². The number of esters is 1. The van der Waals surface area contributed by atoms with Crippen LogP contribution < -0.4 is 10.2 Å². The first-order valence-electron chi connectivity index (χ1n) is 12.1. The first-order chi connectivity index (χ1) is 17.8. The fourth-order valence-corrected chi connectivity index (χ4v) is 8.16. The van der Waals surface area contributed by atoms with Gasteiger partial charge in [-0.15, -0.1) is 11.3 Å². The highest BCUT2D eigenvalue weighted by molar-refractivity contribution is 7.92. The molecule has 3 aromatic rings. The fourth-order valence-electron chi connectivity index (χ4n) is 4.95. The average Bonchev–Trinajstić information content (AvgIpc) is 3.45. The summed E-state index contributed by atoms with van der Waals surface area (Å²) in [6, 6.07) is 14.9. The van der Waals surface area contributed by atoms with Gasteiger partial charge in [0.15, 0.2) is 9.84 Å². The first kappa shape index (κ1) is 25.2. The van der Waals surface area contributed by atoms with Crippen LogP contribution in [0.1, 0.15) is 51.4 Å². The van der Waals surface area contributed by atoms with Crippen molar-refractivity contribution in [3.8, 4) is 0 Å². The minimum Gasteiger partial charge on any atom is -0.462 e. The Morgan fingerprint density at radius 1 is 1.08 bits per heavy atom. The van der Waals surface area contributed by atoms with E-state index in [1.165, 1.54) is 28.4 Å². The van der Waals surface area contributed by atoms with Crippen molar-refractivity contribution in [2.24, 2.45) is 0 Å². The van der Waals surface area contributed by atoms with E-state index in [4.69, 9.17) is 4.74 Å². The van der Waals surface area contributed by atoms with Gasteiger partial charge in [-0.1, -0.05) is 42.5 Å². The Bertz CT molecular complexity index is 1480. The summed E-state index contributed by atoms with van der Waals surface area (Å²) in [6.07, 6.45) is 2.22. The molecule has 0 fully saturated rings. The highest BCUT2D eigenvalue weighted by atomic mass is 32.2. The van der Waals surface area contributed by atoms with Crippen LogP contribution in [0.3, 0.4) is 0 Å². The monoisotopic (exact) mass is 538 g/mol. The number of hydrogen-bond acceptors (Lipinski definition) is 7. The van der Waals surface area contributed by atoms with E-state index in [0.29, 0.717) is 16.1 Å². The van der Waals surface area contributed by atoms with E-state index in [1.807, 2.05) is 0 Å². The lowest BCUT2D eigenvalue weighted by atomic mass is 10.1. The largest absolute Gasteiger partial charge is 0.462 e. The number of nitrogens with one attached hydrogen (secondary N) is 1. The second-order valence-corrected chi connectivity index (χ2v) is 12.1. The van der Waals surface area contributed by atoms with Crippen LogP contribution in [0.2, 0.25) is 0 Å². The Balaban J connectivity index is 1.46. The predicted molar refractivity (Wildman–Crippen MR) is 141 cm³/mol. The van der Waals surface area contributed by atoms with E-state index in [2.05, 4.69) is 5.32 Å². The fraction of sp³-hybridized carbons (Fsp3) is 0.296. The molecule has 0 spiro atoms. The zero-order chi connectivity index (χ0) is 26.2. The predicted octanol–water partition coefficient (Wildman–Crippen LogP) is 4.30. The van der Waals surface area contributed by atoms with Crippen LogP contribution in [-0.2, 0) is 37.0 Å². The van der Waals surface area contributed by atoms with Gasteiger partial charge >= 0.3 is 5.97 Å². The van der Waals surface area contributed by atoms with Crippen molar-refractivity contribution in [2.75, 3.05) is 23.4 Å². The zero-order valence-electron chi connectivity index (χ0n) is 20.2. The molecule has 2 aliphatic rings. The zero-order valence-corrected chi connectivity index (χ0v) is 21.9. The number of para-hydroxylation sites is 1. The highest BCUT2D eigenvalue weighted by Gasteiger charge is 2.40. The summed E-state index contributed by atoms with van der Waals surface area (Å²) in [5, 5.41) is 2.13. The Hall–Kier alpha value is -3.50. The van der Waals surface area contributed by atoms with E-state index in [0.717, 1.165) is 29.7 Å². The van der Waals surface area contributed by atoms with Crippen LogP contribution in [0, 0.1) is 0 Å². The number of ether oxygens (including phenoxy) is 1. The molecule has 2 aromatic carbocycles. The van der Waals surface area contributed by atoms with Crippen molar-refractivity contribution in [1.82, 2.24) is 0 Å². The van der Waals surface area contributed by atoms with E-state index in [-0.39, 0.29) is 23.6 Å².